The van der Waals surface area contributed by atoms with Crippen LogP contribution in [0.25, 0.3) is 0 Å². The van der Waals surface area contributed by atoms with E-state index in [0.717, 1.165) is 18.4 Å². The van der Waals surface area contributed by atoms with Gasteiger partial charge in [-0.15, -0.1) is 0 Å². The van der Waals surface area contributed by atoms with E-state index in [-0.39, 0.29) is 11.0 Å². The first-order valence-corrected chi connectivity index (χ1v) is 11.0. The molecule has 0 spiro atoms. The summed E-state index contributed by atoms with van der Waals surface area (Å²) in [5.41, 5.74) is 0.729. The van der Waals surface area contributed by atoms with Crippen LogP contribution in [0.5, 0.6) is 0 Å². The Morgan fingerprint density at radius 2 is 1.20 bits per heavy atom. The molecule has 0 radical (unpaired) electrons. The molecule has 0 amide bonds. The zero-order valence-corrected chi connectivity index (χ0v) is 16.7. The Kier molecular flexibility index (Phi) is 13.8. The Bertz CT molecular complexity index is 544. The molecule has 5 heteroatoms. The van der Waals surface area contributed by atoms with Gasteiger partial charge in [0, 0.05) is 0 Å². The van der Waals surface area contributed by atoms with E-state index in [1.54, 1.807) is 12.1 Å². The van der Waals surface area contributed by atoms with Gasteiger partial charge in [0.1, 0.15) is 0 Å². The highest BCUT2D eigenvalue weighted by molar-refractivity contribution is 7.85. The number of hydrogen-bond acceptors (Lipinski definition) is 3. The van der Waals surface area contributed by atoms with E-state index in [1.165, 1.54) is 70.3 Å². The summed E-state index contributed by atoms with van der Waals surface area (Å²) in [6.45, 7) is 2.25. The molecule has 0 fully saturated rings. The van der Waals surface area contributed by atoms with Crippen LogP contribution in [0.4, 0.5) is 0 Å². The largest absolute Gasteiger partial charge is 0.344 e. The van der Waals surface area contributed by atoms with Crippen LogP contribution in [0, 0.1) is 0 Å². The maximum atomic E-state index is 11.3. The molecule has 1 rings (SSSR count). The van der Waals surface area contributed by atoms with Gasteiger partial charge in [0.2, 0.25) is 0 Å². The smallest absolute Gasteiger partial charge is 0.294 e. The van der Waals surface area contributed by atoms with Crippen molar-refractivity contribution in [2.75, 3.05) is 0 Å². The van der Waals surface area contributed by atoms with Gasteiger partial charge >= 0.3 is 0 Å². The normalized spacial score (nSPS) is 11.3. The zero-order valence-electron chi connectivity index (χ0n) is 15.9. The third-order valence-corrected chi connectivity index (χ3v) is 5.50. The van der Waals surface area contributed by atoms with Crippen molar-refractivity contribution in [3.05, 3.63) is 29.8 Å². The lowest BCUT2D eigenvalue weighted by Gasteiger charge is -2.07. The third-order valence-electron chi connectivity index (χ3n) is 4.55. The average molecular weight is 372 g/mol. The van der Waals surface area contributed by atoms with E-state index in [9.17, 15) is 13.0 Å². The molecule has 0 bridgehead atoms. The summed E-state index contributed by atoms with van der Waals surface area (Å²) in [5.74, 6) is 0. The fourth-order valence-corrected chi connectivity index (χ4v) is 3.87. The number of unbranched alkanes of at least 4 members (excludes halogenated alkanes) is 11. The van der Waals surface area contributed by atoms with E-state index in [1.807, 2.05) is 6.07 Å². The van der Waals surface area contributed by atoms with Gasteiger partial charge in [-0.2, -0.15) is 8.42 Å². The van der Waals surface area contributed by atoms with Crippen LogP contribution in [0.15, 0.2) is 29.2 Å². The minimum absolute atomic E-state index is 0. The Morgan fingerprint density at radius 1 is 0.760 bits per heavy atom. The summed E-state index contributed by atoms with van der Waals surface area (Å²) in [5, 5.41) is 0. The Hall–Kier alpha value is -0.910. The fraction of sp³-hybridized carbons (Fsp3) is 0.700. The van der Waals surface area contributed by atoms with Crippen LogP contribution >= 0.6 is 0 Å². The van der Waals surface area contributed by atoms with Gasteiger partial charge in [-0.05, 0) is 24.5 Å². The van der Waals surface area contributed by atoms with E-state index >= 15 is 0 Å². The van der Waals surface area contributed by atoms with Gasteiger partial charge in [0.15, 0.2) is 0 Å². The van der Waals surface area contributed by atoms with Gasteiger partial charge in [-0.3, -0.25) is 4.55 Å². The van der Waals surface area contributed by atoms with Crippen molar-refractivity contribution in [2.45, 2.75) is 95.3 Å². The van der Waals surface area contributed by atoms with Crippen molar-refractivity contribution in [1.29, 1.82) is 0 Å². The molecule has 0 heterocycles. The molecule has 4 nitrogen and oxygen atoms in total. The van der Waals surface area contributed by atoms with Gasteiger partial charge < -0.3 is 6.15 Å². The molecule has 0 saturated heterocycles. The molecule has 4 N–H and O–H groups in total. The molecule has 1 aromatic rings. The summed E-state index contributed by atoms with van der Waals surface area (Å²) in [4.78, 5) is 0.0630. The Morgan fingerprint density at radius 3 is 1.68 bits per heavy atom. The first kappa shape index (κ1) is 24.1. The van der Waals surface area contributed by atoms with Crippen LogP contribution in [0.3, 0.4) is 0 Å². The van der Waals surface area contributed by atoms with Gasteiger partial charge in [-0.1, -0.05) is 95.8 Å². The fourth-order valence-electron chi connectivity index (χ4n) is 3.12. The molecule has 25 heavy (non-hydrogen) atoms. The lowest BCUT2D eigenvalue weighted by Crippen LogP contribution is -2.03. The first-order valence-electron chi connectivity index (χ1n) is 9.61. The van der Waals surface area contributed by atoms with Crippen LogP contribution in [-0.2, 0) is 16.5 Å². The standard InChI is InChI=1S/C20H34O3S.H3N/c1-2-3-4-5-6-7-8-9-10-11-12-13-16-19-17-14-15-18-20(19)24(21,22)23;/h14-15,17-18H,2-13,16H2,1H3,(H,21,22,23);1H3. The zero-order chi connectivity index (χ0) is 17.7. The molecular formula is C20H37NO3S. The molecule has 146 valence electrons. The Balaban J connectivity index is 0.00000576. The molecule has 0 aliphatic carbocycles. The molecule has 0 aliphatic rings. The van der Waals surface area contributed by atoms with Crippen molar-refractivity contribution in [2.24, 2.45) is 0 Å². The molecule has 0 aromatic heterocycles. The molecule has 1 aromatic carbocycles. The van der Waals surface area contributed by atoms with E-state index < -0.39 is 10.1 Å². The van der Waals surface area contributed by atoms with Crippen molar-refractivity contribution < 1.29 is 13.0 Å². The average Bonchev–Trinajstić information content (AvgIpc) is 2.55. The predicted molar refractivity (Wildman–Crippen MR) is 106 cm³/mol. The topological polar surface area (TPSA) is 89.4 Å². The van der Waals surface area contributed by atoms with E-state index in [0.29, 0.717) is 6.42 Å². The number of hydrogen-bond donors (Lipinski definition) is 2. The summed E-state index contributed by atoms with van der Waals surface area (Å²) in [6.07, 6.45) is 16.2. The van der Waals surface area contributed by atoms with Crippen LogP contribution in [0.2, 0.25) is 0 Å². The second-order valence-electron chi connectivity index (χ2n) is 6.72. The van der Waals surface area contributed by atoms with Crippen LogP contribution < -0.4 is 6.15 Å². The summed E-state index contributed by atoms with van der Waals surface area (Å²) in [7, 11) is -4.10. The maximum absolute atomic E-state index is 11.3. The van der Waals surface area contributed by atoms with Gasteiger partial charge in [0.25, 0.3) is 10.1 Å². The van der Waals surface area contributed by atoms with Crippen molar-refractivity contribution in [3.63, 3.8) is 0 Å². The number of benzene rings is 1. The summed E-state index contributed by atoms with van der Waals surface area (Å²) < 4.78 is 31.9. The Labute approximate surface area is 154 Å². The van der Waals surface area contributed by atoms with Crippen molar-refractivity contribution in [3.8, 4) is 0 Å². The molecule has 0 saturated carbocycles. The maximum Gasteiger partial charge on any atom is 0.294 e. The van der Waals surface area contributed by atoms with Crippen molar-refractivity contribution in [1.82, 2.24) is 6.15 Å². The van der Waals surface area contributed by atoms with Crippen LogP contribution in [-0.4, -0.2) is 13.0 Å². The molecule has 0 atom stereocenters. The SMILES string of the molecule is CCCCCCCCCCCCCCc1ccccc1S(=O)(=O)O.N. The minimum atomic E-state index is -4.10. The monoisotopic (exact) mass is 371 g/mol. The highest BCUT2D eigenvalue weighted by atomic mass is 32.2. The lowest BCUT2D eigenvalue weighted by atomic mass is 10.0. The first-order chi connectivity index (χ1) is 11.6. The molecule has 0 unspecified atom stereocenters. The van der Waals surface area contributed by atoms with Crippen molar-refractivity contribution >= 4 is 10.1 Å². The number of rotatable bonds is 14. The summed E-state index contributed by atoms with van der Waals surface area (Å²) in [6, 6.07) is 6.74. The summed E-state index contributed by atoms with van der Waals surface area (Å²) >= 11 is 0. The lowest BCUT2D eigenvalue weighted by molar-refractivity contribution is 0.481. The van der Waals surface area contributed by atoms with E-state index in [4.69, 9.17) is 0 Å². The number of aryl methyl sites for hydroxylation is 1. The van der Waals surface area contributed by atoms with Gasteiger partial charge in [-0.25, -0.2) is 0 Å². The third kappa shape index (κ3) is 11.3. The second-order valence-corrected chi connectivity index (χ2v) is 8.11. The molecular weight excluding hydrogens is 334 g/mol. The van der Waals surface area contributed by atoms with Crippen LogP contribution in [0.1, 0.15) is 89.5 Å². The second kappa shape index (κ2) is 14.3. The minimum Gasteiger partial charge on any atom is -0.344 e. The van der Waals surface area contributed by atoms with E-state index in [2.05, 4.69) is 6.92 Å². The van der Waals surface area contributed by atoms with Gasteiger partial charge in [0.05, 0.1) is 4.90 Å². The molecule has 0 aliphatic heterocycles. The quantitative estimate of drug-likeness (QED) is 0.295. The highest BCUT2D eigenvalue weighted by Gasteiger charge is 2.13. The predicted octanol–water partition coefficient (Wildman–Crippen LogP) is 6.34. The highest BCUT2D eigenvalue weighted by Crippen LogP contribution is 2.18.